The Morgan fingerprint density at radius 1 is 1.62 bits per heavy atom. The summed E-state index contributed by atoms with van der Waals surface area (Å²) < 4.78 is 5.00. The number of piperidine rings is 1. The van der Waals surface area contributed by atoms with Crippen LogP contribution in [0.1, 0.15) is 33.1 Å². The molecule has 0 bridgehead atoms. The summed E-state index contributed by atoms with van der Waals surface area (Å²) in [5, 5.41) is 6.25. The summed E-state index contributed by atoms with van der Waals surface area (Å²) in [4.78, 5) is 11.9. The van der Waals surface area contributed by atoms with Crippen molar-refractivity contribution in [3.8, 4) is 0 Å². The van der Waals surface area contributed by atoms with Gasteiger partial charge in [0.25, 0.3) is 0 Å². The number of ether oxygens (including phenoxy) is 1. The molecule has 16 heavy (non-hydrogen) atoms. The third-order valence-electron chi connectivity index (χ3n) is 3.21. The Morgan fingerprint density at radius 2 is 2.38 bits per heavy atom. The van der Waals surface area contributed by atoms with Gasteiger partial charge >= 0.3 is 0 Å². The molecule has 3 unspecified atom stereocenters. The summed E-state index contributed by atoms with van der Waals surface area (Å²) >= 11 is 0. The lowest BCUT2D eigenvalue weighted by atomic mass is 9.90. The predicted molar refractivity (Wildman–Crippen MR) is 64.3 cm³/mol. The Bertz CT molecular complexity index is 221. The van der Waals surface area contributed by atoms with Crippen molar-refractivity contribution in [1.82, 2.24) is 10.6 Å². The van der Waals surface area contributed by atoms with Crippen LogP contribution in [-0.2, 0) is 9.53 Å². The van der Waals surface area contributed by atoms with E-state index in [1.807, 2.05) is 6.92 Å². The molecule has 94 valence electrons. The standard InChI is InChI=1S/C12H24N2O2/c1-4-10-5-6-13-11(7-10)12(15)14-9(2)8-16-3/h9-11,13H,4-8H2,1-3H3,(H,14,15). The monoisotopic (exact) mass is 228 g/mol. The minimum absolute atomic E-state index is 0.0157. The molecule has 0 aromatic rings. The van der Waals surface area contributed by atoms with Gasteiger partial charge in [-0.1, -0.05) is 13.3 Å². The quantitative estimate of drug-likeness (QED) is 0.735. The molecule has 1 fully saturated rings. The van der Waals surface area contributed by atoms with E-state index in [2.05, 4.69) is 17.6 Å². The van der Waals surface area contributed by atoms with Crippen LogP contribution in [0, 0.1) is 5.92 Å². The van der Waals surface area contributed by atoms with Gasteiger partial charge < -0.3 is 15.4 Å². The Morgan fingerprint density at radius 3 is 3.00 bits per heavy atom. The zero-order chi connectivity index (χ0) is 12.0. The van der Waals surface area contributed by atoms with Crippen LogP contribution in [0.3, 0.4) is 0 Å². The van der Waals surface area contributed by atoms with Crippen LogP contribution in [0.15, 0.2) is 0 Å². The van der Waals surface area contributed by atoms with Gasteiger partial charge in [-0.3, -0.25) is 4.79 Å². The van der Waals surface area contributed by atoms with Crippen molar-refractivity contribution in [2.45, 2.75) is 45.2 Å². The van der Waals surface area contributed by atoms with Crippen LogP contribution in [0.4, 0.5) is 0 Å². The Labute approximate surface area is 98.1 Å². The fraction of sp³-hybridized carbons (Fsp3) is 0.917. The fourth-order valence-corrected chi connectivity index (χ4v) is 2.20. The van der Waals surface area contributed by atoms with E-state index in [4.69, 9.17) is 4.74 Å². The molecule has 4 nitrogen and oxygen atoms in total. The summed E-state index contributed by atoms with van der Waals surface area (Å²) in [5.74, 6) is 0.803. The van der Waals surface area contributed by atoms with Crippen molar-refractivity contribution in [3.05, 3.63) is 0 Å². The number of hydrogen-bond acceptors (Lipinski definition) is 3. The SMILES string of the molecule is CCC1CCNC(C(=O)NC(C)COC)C1. The molecule has 1 rings (SSSR count). The van der Waals surface area contributed by atoms with Crippen LogP contribution >= 0.6 is 0 Å². The summed E-state index contributed by atoms with van der Waals surface area (Å²) in [6, 6.07) is 0.0688. The van der Waals surface area contributed by atoms with E-state index < -0.39 is 0 Å². The fourth-order valence-electron chi connectivity index (χ4n) is 2.20. The largest absolute Gasteiger partial charge is 0.383 e. The molecule has 0 aliphatic carbocycles. The molecule has 0 aromatic carbocycles. The first-order valence-electron chi connectivity index (χ1n) is 6.20. The van der Waals surface area contributed by atoms with Crippen LogP contribution in [-0.4, -0.2) is 38.3 Å². The molecule has 1 amide bonds. The Hall–Kier alpha value is -0.610. The van der Waals surface area contributed by atoms with E-state index in [0.717, 1.165) is 13.0 Å². The number of rotatable bonds is 5. The van der Waals surface area contributed by atoms with Crippen LogP contribution in [0.25, 0.3) is 0 Å². The molecular formula is C12H24N2O2. The van der Waals surface area contributed by atoms with E-state index in [1.165, 1.54) is 12.8 Å². The second kappa shape index (κ2) is 6.86. The highest BCUT2D eigenvalue weighted by molar-refractivity contribution is 5.82. The van der Waals surface area contributed by atoms with E-state index in [-0.39, 0.29) is 18.0 Å². The molecule has 0 spiro atoms. The molecule has 0 saturated carbocycles. The van der Waals surface area contributed by atoms with Crippen LogP contribution in [0.5, 0.6) is 0 Å². The lowest BCUT2D eigenvalue weighted by molar-refractivity contribution is -0.125. The third-order valence-corrected chi connectivity index (χ3v) is 3.21. The van der Waals surface area contributed by atoms with E-state index in [0.29, 0.717) is 12.5 Å². The predicted octanol–water partition coefficient (Wildman–Crippen LogP) is 0.916. The van der Waals surface area contributed by atoms with Gasteiger partial charge in [0.05, 0.1) is 12.6 Å². The lowest BCUT2D eigenvalue weighted by Crippen LogP contribution is -2.51. The molecule has 1 saturated heterocycles. The van der Waals surface area contributed by atoms with Crippen molar-refractivity contribution >= 4 is 5.91 Å². The highest BCUT2D eigenvalue weighted by atomic mass is 16.5. The number of nitrogens with one attached hydrogen (secondary N) is 2. The van der Waals surface area contributed by atoms with E-state index in [9.17, 15) is 4.79 Å². The first kappa shape index (κ1) is 13.5. The minimum Gasteiger partial charge on any atom is -0.383 e. The summed E-state index contributed by atoms with van der Waals surface area (Å²) in [6.07, 6.45) is 3.31. The van der Waals surface area contributed by atoms with Crippen molar-refractivity contribution in [2.24, 2.45) is 5.92 Å². The highest BCUT2D eigenvalue weighted by Gasteiger charge is 2.26. The molecule has 3 atom stereocenters. The third kappa shape index (κ3) is 4.10. The van der Waals surface area contributed by atoms with Crippen molar-refractivity contribution in [1.29, 1.82) is 0 Å². The molecule has 4 heteroatoms. The number of amides is 1. The normalized spacial score (nSPS) is 27.4. The maximum atomic E-state index is 11.9. The molecule has 1 aliphatic rings. The lowest BCUT2D eigenvalue weighted by Gasteiger charge is -2.29. The zero-order valence-electron chi connectivity index (χ0n) is 10.6. The van der Waals surface area contributed by atoms with Gasteiger partial charge in [-0.05, 0) is 32.2 Å². The number of carbonyl (C=O) groups excluding carboxylic acids is 1. The second-order valence-corrected chi connectivity index (χ2v) is 4.67. The Kier molecular flexibility index (Phi) is 5.77. The topological polar surface area (TPSA) is 50.4 Å². The van der Waals surface area contributed by atoms with E-state index >= 15 is 0 Å². The van der Waals surface area contributed by atoms with Crippen molar-refractivity contribution in [2.75, 3.05) is 20.3 Å². The smallest absolute Gasteiger partial charge is 0.237 e. The van der Waals surface area contributed by atoms with Crippen molar-refractivity contribution in [3.63, 3.8) is 0 Å². The van der Waals surface area contributed by atoms with Gasteiger partial charge in [-0.15, -0.1) is 0 Å². The van der Waals surface area contributed by atoms with Gasteiger partial charge in [0.15, 0.2) is 0 Å². The van der Waals surface area contributed by atoms with Crippen molar-refractivity contribution < 1.29 is 9.53 Å². The summed E-state index contributed by atoms with van der Waals surface area (Å²) in [6.45, 7) is 5.67. The van der Waals surface area contributed by atoms with Crippen LogP contribution < -0.4 is 10.6 Å². The van der Waals surface area contributed by atoms with Gasteiger partial charge in [0.2, 0.25) is 5.91 Å². The van der Waals surface area contributed by atoms with Gasteiger partial charge in [-0.25, -0.2) is 0 Å². The number of methoxy groups -OCH3 is 1. The van der Waals surface area contributed by atoms with Gasteiger partial charge in [0, 0.05) is 13.2 Å². The van der Waals surface area contributed by atoms with Crippen LogP contribution in [0.2, 0.25) is 0 Å². The van der Waals surface area contributed by atoms with Gasteiger partial charge in [-0.2, -0.15) is 0 Å². The first-order valence-corrected chi connectivity index (χ1v) is 6.20. The maximum absolute atomic E-state index is 11.9. The summed E-state index contributed by atoms with van der Waals surface area (Å²) in [7, 11) is 1.65. The zero-order valence-corrected chi connectivity index (χ0v) is 10.6. The molecular weight excluding hydrogens is 204 g/mol. The molecule has 2 N–H and O–H groups in total. The first-order chi connectivity index (χ1) is 7.67. The maximum Gasteiger partial charge on any atom is 0.237 e. The Balaban J connectivity index is 2.35. The summed E-state index contributed by atoms with van der Waals surface area (Å²) in [5.41, 5.74) is 0. The molecule has 1 heterocycles. The molecule has 0 aromatic heterocycles. The van der Waals surface area contributed by atoms with Gasteiger partial charge in [0.1, 0.15) is 0 Å². The second-order valence-electron chi connectivity index (χ2n) is 4.67. The average molecular weight is 228 g/mol. The molecule has 1 aliphatic heterocycles. The minimum atomic E-state index is -0.0157. The molecule has 0 radical (unpaired) electrons. The highest BCUT2D eigenvalue weighted by Crippen LogP contribution is 2.19. The number of hydrogen-bond donors (Lipinski definition) is 2. The average Bonchev–Trinajstić information content (AvgIpc) is 2.29. The van der Waals surface area contributed by atoms with E-state index in [1.54, 1.807) is 7.11 Å². The number of carbonyl (C=O) groups is 1.